The van der Waals surface area contributed by atoms with Gasteiger partial charge in [-0.25, -0.2) is 0 Å². The van der Waals surface area contributed by atoms with Gasteiger partial charge in [0.15, 0.2) is 0 Å². The largest absolute Gasteiger partial charge is 0.496 e. The van der Waals surface area contributed by atoms with Crippen molar-refractivity contribution in [1.82, 2.24) is 0 Å². The van der Waals surface area contributed by atoms with Gasteiger partial charge < -0.3 is 14.2 Å². The van der Waals surface area contributed by atoms with Crippen LogP contribution < -0.4 is 9.47 Å². The molecule has 0 spiro atoms. The first-order chi connectivity index (χ1) is 9.04. The molecular formula is C13H16Br2O4. The summed E-state index contributed by atoms with van der Waals surface area (Å²) in [6, 6.07) is 3.70. The third-order valence-electron chi connectivity index (χ3n) is 2.31. The van der Waals surface area contributed by atoms with E-state index in [9.17, 15) is 4.79 Å². The first kappa shape index (κ1) is 16.3. The van der Waals surface area contributed by atoms with Gasteiger partial charge in [0, 0.05) is 6.92 Å². The van der Waals surface area contributed by atoms with Gasteiger partial charge in [0.2, 0.25) is 0 Å². The van der Waals surface area contributed by atoms with Crippen molar-refractivity contribution in [3.63, 3.8) is 0 Å². The molecule has 0 atom stereocenters. The maximum absolute atomic E-state index is 10.6. The number of rotatable bonds is 7. The van der Waals surface area contributed by atoms with Gasteiger partial charge in [0.1, 0.15) is 11.5 Å². The highest BCUT2D eigenvalue weighted by atomic mass is 79.9. The molecule has 0 saturated heterocycles. The molecule has 19 heavy (non-hydrogen) atoms. The van der Waals surface area contributed by atoms with E-state index in [0.29, 0.717) is 13.2 Å². The van der Waals surface area contributed by atoms with Gasteiger partial charge in [-0.2, -0.15) is 0 Å². The van der Waals surface area contributed by atoms with E-state index in [1.54, 1.807) is 7.11 Å². The minimum absolute atomic E-state index is 0.247. The third kappa shape index (κ3) is 5.82. The van der Waals surface area contributed by atoms with E-state index < -0.39 is 0 Å². The average molecular weight is 396 g/mol. The lowest BCUT2D eigenvalue weighted by atomic mass is 10.3. The van der Waals surface area contributed by atoms with Crippen LogP contribution >= 0.6 is 31.9 Å². The number of carbonyl (C=O) groups is 1. The van der Waals surface area contributed by atoms with Gasteiger partial charge in [-0.05, 0) is 56.8 Å². The Morgan fingerprint density at radius 1 is 1.11 bits per heavy atom. The van der Waals surface area contributed by atoms with E-state index in [2.05, 4.69) is 31.9 Å². The Hall–Kier alpha value is -0.750. The van der Waals surface area contributed by atoms with Crippen LogP contribution in [0.25, 0.3) is 0 Å². The summed E-state index contributed by atoms with van der Waals surface area (Å²) >= 11 is 6.84. The summed E-state index contributed by atoms with van der Waals surface area (Å²) in [7, 11) is 1.61. The van der Waals surface area contributed by atoms with Crippen LogP contribution in [0.1, 0.15) is 19.8 Å². The Bertz CT molecular complexity index is 435. The Balaban J connectivity index is 2.37. The third-order valence-corrected chi connectivity index (χ3v) is 3.55. The Labute approximate surface area is 129 Å². The Morgan fingerprint density at radius 2 is 1.68 bits per heavy atom. The average Bonchev–Trinajstić information content (AvgIpc) is 2.36. The summed E-state index contributed by atoms with van der Waals surface area (Å²) in [5.74, 6) is 1.25. The molecule has 0 bridgehead atoms. The molecule has 0 saturated carbocycles. The van der Waals surface area contributed by atoms with Gasteiger partial charge in [-0.1, -0.05) is 0 Å². The normalized spacial score (nSPS) is 10.1. The molecule has 1 aromatic carbocycles. The van der Waals surface area contributed by atoms with Crippen LogP contribution in [0.15, 0.2) is 21.1 Å². The molecule has 0 aromatic heterocycles. The number of halogens is 2. The molecule has 106 valence electrons. The van der Waals surface area contributed by atoms with Crippen LogP contribution in [0, 0.1) is 0 Å². The topological polar surface area (TPSA) is 44.8 Å². The zero-order valence-electron chi connectivity index (χ0n) is 10.9. The van der Waals surface area contributed by atoms with Gasteiger partial charge in [-0.15, -0.1) is 0 Å². The van der Waals surface area contributed by atoms with Crippen LogP contribution in [-0.4, -0.2) is 26.3 Å². The fraction of sp³-hybridized carbons (Fsp3) is 0.462. The molecule has 0 aliphatic heterocycles. The van der Waals surface area contributed by atoms with Gasteiger partial charge in [-0.3, -0.25) is 4.79 Å². The maximum Gasteiger partial charge on any atom is 0.302 e. The molecule has 0 N–H and O–H groups in total. The number of hydrogen-bond acceptors (Lipinski definition) is 4. The predicted octanol–water partition coefficient (Wildman–Crippen LogP) is 3.94. The number of carbonyl (C=O) groups excluding carboxylic acids is 1. The smallest absolute Gasteiger partial charge is 0.302 e. The van der Waals surface area contributed by atoms with Crippen molar-refractivity contribution in [3.05, 3.63) is 21.1 Å². The minimum atomic E-state index is -0.247. The zero-order valence-corrected chi connectivity index (χ0v) is 14.0. The van der Waals surface area contributed by atoms with E-state index in [4.69, 9.17) is 14.2 Å². The molecule has 1 aromatic rings. The summed E-state index contributed by atoms with van der Waals surface area (Å²) in [5.41, 5.74) is 0. The van der Waals surface area contributed by atoms with E-state index in [1.165, 1.54) is 6.92 Å². The number of unbranched alkanes of at least 4 members (excludes halogenated alkanes) is 1. The summed E-state index contributed by atoms with van der Waals surface area (Å²) in [6.07, 6.45) is 1.61. The monoisotopic (exact) mass is 394 g/mol. The summed E-state index contributed by atoms with van der Waals surface area (Å²) in [6.45, 7) is 2.41. The first-order valence-corrected chi connectivity index (χ1v) is 7.42. The van der Waals surface area contributed by atoms with Crippen LogP contribution in [-0.2, 0) is 9.53 Å². The SMILES string of the molecule is COc1cc(Br)c(OCCCCOC(C)=O)cc1Br. The van der Waals surface area contributed by atoms with Crippen molar-refractivity contribution >= 4 is 37.8 Å². The lowest BCUT2D eigenvalue weighted by Crippen LogP contribution is -2.04. The van der Waals surface area contributed by atoms with Crippen molar-refractivity contribution in [2.75, 3.05) is 20.3 Å². The van der Waals surface area contributed by atoms with Crippen LogP contribution in [0.2, 0.25) is 0 Å². The van der Waals surface area contributed by atoms with Gasteiger partial charge >= 0.3 is 5.97 Å². The van der Waals surface area contributed by atoms with Crippen LogP contribution in [0.5, 0.6) is 11.5 Å². The zero-order chi connectivity index (χ0) is 14.3. The fourth-order valence-corrected chi connectivity index (χ4v) is 2.30. The second kappa shape index (κ2) is 8.43. The van der Waals surface area contributed by atoms with E-state index in [1.807, 2.05) is 12.1 Å². The highest BCUT2D eigenvalue weighted by Gasteiger charge is 2.08. The first-order valence-electron chi connectivity index (χ1n) is 5.83. The summed E-state index contributed by atoms with van der Waals surface area (Å²) in [5, 5.41) is 0. The maximum atomic E-state index is 10.6. The van der Waals surface area contributed by atoms with E-state index >= 15 is 0 Å². The standard InChI is InChI=1S/C13H16Br2O4/c1-9(16)18-5-3-4-6-19-13-8-10(14)12(17-2)7-11(13)15/h7-8H,3-6H2,1-2H3. The molecule has 0 radical (unpaired) electrons. The second-order valence-electron chi connectivity index (χ2n) is 3.81. The van der Waals surface area contributed by atoms with Crippen LogP contribution in [0.4, 0.5) is 0 Å². The Kier molecular flexibility index (Phi) is 7.23. The summed E-state index contributed by atoms with van der Waals surface area (Å²) < 4.78 is 17.4. The second-order valence-corrected chi connectivity index (χ2v) is 5.52. The Morgan fingerprint density at radius 3 is 2.32 bits per heavy atom. The van der Waals surface area contributed by atoms with E-state index in [-0.39, 0.29) is 5.97 Å². The van der Waals surface area contributed by atoms with Crippen LogP contribution in [0.3, 0.4) is 0 Å². The molecule has 4 nitrogen and oxygen atoms in total. The van der Waals surface area contributed by atoms with Crippen molar-refractivity contribution in [2.45, 2.75) is 19.8 Å². The number of esters is 1. The highest BCUT2D eigenvalue weighted by Crippen LogP contribution is 2.36. The lowest BCUT2D eigenvalue weighted by Gasteiger charge is -2.11. The highest BCUT2D eigenvalue weighted by molar-refractivity contribution is 9.11. The number of ether oxygens (including phenoxy) is 3. The number of hydrogen-bond donors (Lipinski definition) is 0. The summed E-state index contributed by atoms with van der Waals surface area (Å²) in [4.78, 5) is 10.6. The molecule has 0 aliphatic carbocycles. The van der Waals surface area contributed by atoms with Crippen molar-refractivity contribution in [1.29, 1.82) is 0 Å². The van der Waals surface area contributed by atoms with Crippen molar-refractivity contribution < 1.29 is 19.0 Å². The molecular weight excluding hydrogens is 380 g/mol. The minimum Gasteiger partial charge on any atom is -0.496 e. The fourth-order valence-electron chi connectivity index (χ4n) is 1.38. The lowest BCUT2D eigenvalue weighted by molar-refractivity contribution is -0.141. The van der Waals surface area contributed by atoms with E-state index in [0.717, 1.165) is 33.3 Å². The molecule has 6 heteroatoms. The van der Waals surface area contributed by atoms with Crippen molar-refractivity contribution in [2.24, 2.45) is 0 Å². The van der Waals surface area contributed by atoms with Gasteiger partial charge in [0.25, 0.3) is 0 Å². The quantitative estimate of drug-likeness (QED) is 0.518. The molecule has 0 unspecified atom stereocenters. The predicted molar refractivity (Wildman–Crippen MR) is 79.8 cm³/mol. The number of methoxy groups -OCH3 is 1. The molecule has 0 aliphatic rings. The number of benzene rings is 1. The van der Waals surface area contributed by atoms with Crippen molar-refractivity contribution in [3.8, 4) is 11.5 Å². The van der Waals surface area contributed by atoms with Gasteiger partial charge in [0.05, 0.1) is 29.3 Å². The molecule has 0 fully saturated rings. The molecule has 0 amide bonds. The molecule has 0 heterocycles. The molecule has 1 rings (SSSR count).